The molecule has 2 nitrogen and oxygen atoms in total. The van der Waals surface area contributed by atoms with Gasteiger partial charge in [0.15, 0.2) is 5.78 Å². The molecule has 0 atom stereocenters. The van der Waals surface area contributed by atoms with E-state index in [-0.39, 0.29) is 5.78 Å². The van der Waals surface area contributed by atoms with Crippen molar-refractivity contribution in [1.82, 2.24) is 4.90 Å². The predicted octanol–water partition coefficient (Wildman–Crippen LogP) is 4.35. The molecule has 0 radical (unpaired) electrons. The molecule has 1 aliphatic heterocycles. The Morgan fingerprint density at radius 2 is 1.83 bits per heavy atom. The zero-order valence-corrected chi connectivity index (χ0v) is 13.4. The Morgan fingerprint density at radius 3 is 2.33 bits per heavy atom. The first-order valence-corrected chi connectivity index (χ1v) is 8.28. The molecule has 1 aliphatic rings. The molecule has 2 rings (SSSR count). The van der Waals surface area contributed by atoms with E-state index in [1.165, 1.54) is 25.7 Å². The van der Waals surface area contributed by atoms with Gasteiger partial charge in [0.1, 0.15) is 0 Å². The third kappa shape index (κ3) is 2.86. The van der Waals surface area contributed by atoms with Crippen LogP contribution in [-0.2, 0) is 0 Å². The highest BCUT2D eigenvalue weighted by Gasteiger charge is 2.36. The molecule has 0 aliphatic carbocycles. The molecule has 0 saturated carbocycles. The van der Waals surface area contributed by atoms with E-state index in [1.807, 2.05) is 10.8 Å². The van der Waals surface area contributed by atoms with Gasteiger partial charge in [-0.3, -0.25) is 9.69 Å². The molecule has 0 unspecified atom stereocenters. The number of hydrogen-bond acceptors (Lipinski definition) is 3. The van der Waals surface area contributed by atoms with Crippen LogP contribution in [0.3, 0.4) is 0 Å². The van der Waals surface area contributed by atoms with E-state index in [9.17, 15) is 4.79 Å². The molecule has 0 N–H and O–H groups in total. The van der Waals surface area contributed by atoms with Crippen LogP contribution in [0.15, 0.2) is 15.2 Å². The molecular formula is C14H20BrNOS. The molecule has 0 bridgehead atoms. The zero-order valence-electron chi connectivity index (χ0n) is 11.0. The van der Waals surface area contributed by atoms with Crippen LogP contribution < -0.4 is 0 Å². The minimum Gasteiger partial charge on any atom is -0.292 e. The van der Waals surface area contributed by atoms with Crippen molar-refractivity contribution in [3.8, 4) is 0 Å². The summed E-state index contributed by atoms with van der Waals surface area (Å²) < 4.78 is 0.931. The first kappa shape index (κ1) is 14.2. The van der Waals surface area contributed by atoms with Gasteiger partial charge in [0.25, 0.3) is 0 Å². The molecule has 1 aromatic rings. The van der Waals surface area contributed by atoms with Crippen LogP contribution in [0.4, 0.5) is 0 Å². The fourth-order valence-corrected chi connectivity index (χ4v) is 4.00. The Labute approximate surface area is 122 Å². The van der Waals surface area contributed by atoms with Crippen molar-refractivity contribution in [2.45, 2.75) is 45.1 Å². The average molecular weight is 330 g/mol. The van der Waals surface area contributed by atoms with Crippen LogP contribution in [0.25, 0.3) is 0 Å². The van der Waals surface area contributed by atoms with E-state index in [1.54, 1.807) is 11.3 Å². The van der Waals surface area contributed by atoms with Crippen LogP contribution in [0.2, 0.25) is 0 Å². The summed E-state index contributed by atoms with van der Waals surface area (Å²) in [5, 5.41) is 3.93. The quantitative estimate of drug-likeness (QED) is 0.768. The summed E-state index contributed by atoms with van der Waals surface area (Å²) >= 11 is 5.05. The van der Waals surface area contributed by atoms with E-state index in [0.29, 0.717) is 0 Å². The van der Waals surface area contributed by atoms with Gasteiger partial charge in [-0.25, -0.2) is 0 Å². The number of carbonyl (C=O) groups is 1. The summed E-state index contributed by atoms with van der Waals surface area (Å²) in [6, 6.07) is 0. The van der Waals surface area contributed by atoms with Gasteiger partial charge >= 0.3 is 0 Å². The summed E-state index contributed by atoms with van der Waals surface area (Å²) in [5.41, 5.74) is 0.433. The number of Topliss-reactive ketones (excluding diaryl/α,β-unsaturated/α-hetero) is 1. The van der Waals surface area contributed by atoms with Crippen molar-refractivity contribution in [2.75, 3.05) is 13.1 Å². The Bertz CT molecular complexity index is 419. The van der Waals surface area contributed by atoms with Crippen LogP contribution in [-0.4, -0.2) is 29.3 Å². The maximum absolute atomic E-state index is 12.7. The third-order valence-corrected chi connectivity index (χ3v) is 5.51. The lowest BCUT2D eigenvalue weighted by atomic mass is 9.92. The molecule has 1 saturated heterocycles. The van der Waals surface area contributed by atoms with Gasteiger partial charge < -0.3 is 0 Å². The average Bonchev–Trinajstić information content (AvgIpc) is 2.61. The Hall–Kier alpha value is -0.190. The van der Waals surface area contributed by atoms with Crippen molar-refractivity contribution in [1.29, 1.82) is 0 Å². The lowest BCUT2D eigenvalue weighted by Crippen LogP contribution is -2.50. The monoisotopic (exact) mass is 329 g/mol. The van der Waals surface area contributed by atoms with Gasteiger partial charge in [-0.05, 0) is 55.7 Å². The SMILES string of the molecule is CC(C)(C(=O)c1cscc1Br)N1CCCCCC1. The van der Waals surface area contributed by atoms with Gasteiger partial charge in [-0.15, -0.1) is 0 Å². The van der Waals surface area contributed by atoms with Crippen molar-refractivity contribution in [2.24, 2.45) is 0 Å². The highest BCUT2D eigenvalue weighted by Crippen LogP contribution is 2.29. The maximum Gasteiger partial charge on any atom is 0.184 e. The van der Waals surface area contributed by atoms with Crippen LogP contribution >= 0.6 is 27.3 Å². The standard InChI is InChI=1S/C14H20BrNOS/c1-14(2,16-7-5-3-4-6-8-16)13(17)11-9-18-10-12(11)15/h9-10H,3-8H2,1-2H3. The van der Waals surface area contributed by atoms with Gasteiger partial charge in [-0.1, -0.05) is 12.8 Å². The second kappa shape index (κ2) is 5.85. The summed E-state index contributed by atoms with van der Waals surface area (Å²) in [6.07, 6.45) is 5.01. The van der Waals surface area contributed by atoms with Crippen molar-refractivity contribution < 1.29 is 4.79 Å². The zero-order chi connectivity index (χ0) is 13.2. The molecular weight excluding hydrogens is 310 g/mol. The highest BCUT2D eigenvalue weighted by molar-refractivity contribution is 9.10. The highest BCUT2D eigenvalue weighted by atomic mass is 79.9. The lowest BCUT2D eigenvalue weighted by Gasteiger charge is -2.36. The molecule has 0 aromatic carbocycles. The van der Waals surface area contributed by atoms with Crippen LogP contribution in [0, 0.1) is 0 Å². The summed E-state index contributed by atoms with van der Waals surface area (Å²) in [7, 11) is 0. The number of nitrogens with zero attached hydrogens (tertiary/aromatic N) is 1. The smallest absolute Gasteiger partial charge is 0.184 e. The number of likely N-dealkylation sites (tertiary alicyclic amines) is 1. The number of carbonyl (C=O) groups excluding carboxylic acids is 1. The number of hydrogen-bond donors (Lipinski definition) is 0. The molecule has 18 heavy (non-hydrogen) atoms. The van der Waals surface area contributed by atoms with E-state index in [4.69, 9.17) is 0 Å². The van der Waals surface area contributed by atoms with Gasteiger partial charge in [0.05, 0.1) is 5.54 Å². The van der Waals surface area contributed by atoms with Gasteiger partial charge in [-0.2, -0.15) is 11.3 Å². The Morgan fingerprint density at radius 1 is 1.22 bits per heavy atom. The minimum absolute atomic E-state index is 0.234. The first-order valence-electron chi connectivity index (χ1n) is 6.55. The molecule has 0 spiro atoms. The fraction of sp³-hybridized carbons (Fsp3) is 0.643. The molecule has 2 heterocycles. The van der Waals surface area contributed by atoms with E-state index < -0.39 is 5.54 Å². The van der Waals surface area contributed by atoms with Crippen molar-refractivity contribution in [3.05, 3.63) is 20.8 Å². The first-order chi connectivity index (χ1) is 8.53. The number of thiophene rings is 1. The molecule has 100 valence electrons. The number of halogens is 1. The lowest BCUT2D eigenvalue weighted by molar-refractivity contribution is 0.0649. The Kier molecular flexibility index (Phi) is 4.62. The molecule has 1 aromatic heterocycles. The van der Waals surface area contributed by atoms with Crippen LogP contribution in [0.1, 0.15) is 49.9 Å². The fourth-order valence-electron chi connectivity index (χ4n) is 2.55. The summed E-state index contributed by atoms with van der Waals surface area (Å²) in [4.78, 5) is 15.0. The third-order valence-electron chi connectivity index (χ3n) is 3.81. The number of ketones is 1. The maximum atomic E-state index is 12.7. The number of rotatable bonds is 3. The molecule has 4 heteroatoms. The van der Waals surface area contributed by atoms with E-state index in [2.05, 4.69) is 34.7 Å². The normalized spacial score (nSPS) is 18.6. The Balaban J connectivity index is 2.19. The molecule has 1 fully saturated rings. The van der Waals surface area contributed by atoms with E-state index >= 15 is 0 Å². The summed E-state index contributed by atoms with van der Waals surface area (Å²) in [5.74, 6) is 0.234. The second-order valence-electron chi connectivity index (χ2n) is 5.42. The van der Waals surface area contributed by atoms with Crippen LogP contribution in [0.5, 0.6) is 0 Å². The van der Waals surface area contributed by atoms with Crippen molar-refractivity contribution >= 4 is 33.0 Å². The predicted molar refractivity (Wildman–Crippen MR) is 80.5 cm³/mol. The molecule has 0 amide bonds. The van der Waals surface area contributed by atoms with Gasteiger partial charge in [0, 0.05) is 20.8 Å². The van der Waals surface area contributed by atoms with E-state index in [0.717, 1.165) is 23.1 Å². The second-order valence-corrected chi connectivity index (χ2v) is 7.02. The van der Waals surface area contributed by atoms with Crippen molar-refractivity contribution in [3.63, 3.8) is 0 Å². The topological polar surface area (TPSA) is 20.3 Å². The minimum atomic E-state index is -0.395. The largest absolute Gasteiger partial charge is 0.292 e. The summed E-state index contributed by atoms with van der Waals surface area (Å²) in [6.45, 7) is 6.20. The van der Waals surface area contributed by atoms with Gasteiger partial charge in [0.2, 0.25) is 0 Å².